The van der Waals surface area contributed by atoms with Crippen LogP contribution in [0.1, 0.15) is 24.5 Å². The summed E-state index contributed by atoms with van der Waals surface area (Å²) >= 11 is 5.88. The van der Waals surface area contributed by atoms with Crippen LogP contribution in [0.4, 0.5) is 10.1 Å². The van der Waals surface area contributed by atoms with Gasteiger partial charge in [-0.15, -0.1) is 0 Å². The topological polar surface area (TPSA) is 12.0 Å². The molecule has 0 aliphatic heterocycles. The minimum Gasteiger partial charge on any atom is -0.380 e. The third-order valence-corrected chi connectivity index (χ3v) is 3.51. The van der Waals surface area contributed by atoms with E-state index in [1.54, 1.807) is 12.1 Å². The molecule has 20 heavy (non-hydrogen) atoms. The fraction of sp³-hybridized carbons (Fsp3) is 0.294. The van der Waals surface area contributed by atoms with Crippen molar-refractivity contribution >= 4 is 17.3 Å². The number of hydrogen-bond acceptors (Lipinski definition) is 1. The van der Waals surface area contributed by atoms with Gasteiger partial charge in [-0.05, 0) is 50.5 Å². The normalized spacial score (nSPS) is 12.2. The first-order valence-corrected chi connectivity index (χ1v) is 7.19. The van der Waals surface area contributed by atoms with E-state index in [-0.39, 0.29) is 11.9 Å². The average molecular weight is 292 g/mol. The van der Waals surface area contributed by atoms with Crippen LogP contribution in [-0.2, 0) is 6.42 Å². The molecule has 2 aromatic carbocycles. The molecule has 0 fully saturated rings. The molecule has 0 amide bonds. The highest BCUT2D eigenvalue weighted by molar-refractivity contribution is 6.30. The second-order valence-corrected chi connectivity index (χ2v) is 5.63. The molecule has 1 N–H and O–H groups in total. The number of hydrogen-bond donors (Lipinski definition) is 1. The minimum atomic E-state index is -0.267. The summed E-state index contributed by atoms with van der Waals surface area (Å²) in [6, 6.07) is 13.2. The highest BCUT2D eigenvalue weighted by atomic mass is 35.5. The summed E-state index contributed by atoms with van der Waals surface area (Å²) in [5, 5.41) is 3.72. The largest absolute Gasteiger partial charge is 0.380 e. The molecule has 0 spiro atoms. The lowest BCUT2D eigenvalue weighted by Crippen LogP contribution is -2.16. The summed E-state index contributed by atoms with van der Waals surface area (Å²) in [5.41, 5.74) is 3.04. The molecule has 0 bridgehead atoms. The smallest absolute Gasteiger partial charge is 0.146 e. The Hall–Kier alpha value is -1.54. The van der Waals surface area contributed by atoms with Gasteiger partial charge in [0.1, 0.15) is 5.82 Å². The second kappa shape index (κ2) is 6.76. The Morgan fingerprint density at radius 1 is 1.20 bits per heavy atom. The summed E-state index contributed by atoms with van der Waals surface area (Å²) in [5.74, 6) is -0.267. The molecule has 1 unspecified atom stereocenters. The van der Waals surface area contributed by atoms with Gasteiger partial charge in [0.2, 0.25) is 0 Å². The van der Waals surface area contributed by atoms with Crippen LogP contribution in [-0.4, -0.2) is 6.04 Å². The Kier molecular flexibility index (Phi) is 5.02. The molecule has 0 saturated carbocycles. The van der Waals surface area contributed by atoms with E-state index in [0.29, 0.717) is 10.7 Å². The molecule has 0 aromatic heterocycles. The van der Waals surface area contributed by atoms with Crippen molar-refractivity contribution in [3.05, 3.63) is 64.4 Å². The highest BCUT2D eigenvalue weighted by Crippen LogP contribution is 2.21. The van der Waals surface area contributed by atoms with Crippen LogP contribution in [0.25, 0.3) is 0 Å². The molecule has 0 radical (unpaired) electrons. The van der Waals surface area contributed by atoms with E-state index in [9.17, 15) is 4.39 Å². The molecule has 0 aliphatic carbocycles. The highest BCUT2D eigenvalue weighted by Gasteiger charge is 2.07. The van der Waals surface area contributed by atoms with Crippen molar-refractivity contribution in [1.82, 2.24) is 0 Å². The lowest BCUT2D eigenvalue weighted by atomic mass is 10.0. The predicted molar refractivity (Wildman–Crippen MR) is 84.0 cm³/mol. The van der Waals surface area contributed by atoms with Crippen LogP contribution in [0.15, 0.2) is 42.5 Å². The van der Waals surface area contributed by atoms with Crippen molar-refractivity contribution in [3.63, 3.8) is 0 Å². The van der Waals surface area contributed by atoms with E-state index in [2.05, 4.69) is 43.4 Å². The fourth-order valence-corrected chi connectivity index (χ4v) is 2.37. The molecule has 0 saturated heterocycles. The quantitative estimate of drug-likeness (QED) is 0.796. The summed E-state index contributed by atoms with van der Waals surface area (Å²) in [6.45, 7) is 4.14. The third kappa shape index (κ3) is 4.24. The van der Waals surface area contributed by atoms with Crippen molar-refractivity contribution in [3.8, 4) is 0 Å². The monoisotopic (exact) mass is 291 g/mol. The van der Waals surface area contributed by atoms with Crippen molar-refractivity contribution in [2.45, 2.75) is 32.7 Å². The Labute approximate surface area is 124 Å². The zero-order valence-corrected chi connectivity index (χ0v) is 12.5. The van der Waals surface area contributed by atoms with Crippen molar-refractivity contribution in [1.29, 1.82) is 0 Å². The zero-order chi connectivity index (χ0) is 14.5. The number of anilines is 1. The van der Waals surface area contributed by atoms with E-state index in [1.165, 1.54) is 17.2 Å². The van der Waals surface area contributed by atoms with E-state index >= 15 is 0 Å². The molecule has 106 valence electrons. The number of aryl methyl sites for hydroxylation is 2. The van der Waals surface area contributed by atoms with Gasteiger partial charge >= 0.3 is 0 Å². The van der Waals surface area contributed by atoms with Crippen LogP contribution in [0.5, 0.6) is 0 Å². The first-order chi connectivity index (χ1) is 9.54. The molecule has 0 aliphatic rings. The van der Waals surface area contributed by atoms with Gasteiger partial charge in [-0.25, -0.2) is 4.39 Å². The van der Waals surface area contributed by atoms with Gasteiger partial charge in [0.05, 0.1) is 5.69 Å². The average Bonchev–Trinajstić information content (AvgIpc) is 2.41. The predicted octanol–water partition coefficient (Wildman–Crippen LogP) is 5.22. The zero-order valence-electron chi connectivity index (χ0n) is 11.8. The Bertz CT molecular complexity index is 583. The van der Waals surface area contributed by atoms with Crippen LogP contribution in [0.3, 0.4) is 0 Å². The maximum Gasteiger partial charge on any atom is 0.146 e. The van der Waals surface area contributed by atoms with Gasteiger partial charge in [-0.2, -0.15) is 0 Å². The Morgan fingerprint density at radius 3 is 2.75 bits per heavy atom. The SMILES string of the molecule is Cc1cccc(CCC(C)Nc2cc(Cl)ccc2F)c1. The third-order valence-electron chi connectivity index (χ3n) is 3.28. The minimum absolute atomic E-state index is 0.184. The lowest BCUT2D eigenvalue weighted by Gasteiger charge is -2.16. The van der Waals surface area contributed by atoms with Gasteiger partial charge in [-0.3, -0.25) is 0 Å². The molecule has 2 rings (SSSR count). The summed E-state index contributed by atoms with van der Waals surface area (Å²) in [6.07, 6.45) is 1.91. The second-order valence-electron chi connectivity index (χ2n) is 5.20. The molecule has 2 aromatic rings. The van der Waals surface area contributed by atoms with Crippen molar-refractivity contribution in [2.75, 3.05) is 5.32 Å². The number of rotatable bonds is 5. The van der Waals surface area contributed by atoms with Gasteiger partial charge < -0.3 is 5.32 Å². The molecule has 3 heteroatoms. The number of halogens is 2. The van der Waals surface area contributed by atoms with E-state index in [4.69, 9.17) is 11.6 Å². The van der Waals surface area contributed by atoms with Crippen LogP contribution in [0, 0.1) is 12.7 Å². The van der Waals surface area contributed by atoms with Crippen LogP contribution in [0.2, 0.25) is 5.02 Å². The molecular weight excluding hydrogens is 273 g/mol. The summed E-state index contributed by atoms with van der Waals surface area (Å²) in [7, 11) is 0. The number of nitrogens with one attached hydrogen (secondary N) is 1. The van der Waals surface area contributed by atoms with Gasteiger partial charge in [0.15, 0.2) is 0 Å². The van der Waals surface area contributed by atoms with Crippen molar-refractivity contribution < 1.29 is 4.39 Å². The summed E-state index contributed by atoms with van der Waals surface area (Å²) < 4.78 is 13.6. The molecule has 0 heterocycles. The maximum atomic E-state index is 13.6. The standard InChI is InChI=1S/C17H19ClFN/c1-12-4-3-5-14(10-12)7-6-13(2)20-17-11-15(18)8-9-16(17)19/h3-5,8-11,13,20H,6-7H2,1-2H3. The van der Waals surface area contributed by atoms with Gasteiger partial charge in [0, 0.05) is 11.1 Å². The Balaban J connectivity index is 1.92. The fourth-order valence-electron chi connectivity index (χ4n) is 2.20. The first kappa shape index (κ1) is 14.9. The molecule has 1 atom stereocenters. The number of benzene rings is 2. The molecular formula is C17H19ClFN. The van der Waals surface area contributed by atoms with Crippen LogP contribution < -0.4 is 5.32 Å². The summed E-state index contributed by atoms with van der Waals surface area (Å²) in [4.78, 5) is 0. The maximum absolute atomic E-state index is 13.6. The van der Waals surface area contributed by atoms with Gasteiger partial charge in [0.25, 0.3) is 0 Å². The van der Waals surface area contributed by atoms with E-state index in [0.717, 1.165) is 12.8 Å². The van der Waals surface area contributed by atoms with E-state index in [1.807, 2.05) is 0 Å². The first-order valence-electron chi connectivity index (χ1n) is 6.82. The van der Waals surface area contributed by atoms with E-state index < -0.39 is 0 Å². The van der Waals surface area contributed by atoms with Gasteiger partial charge in [-0.1, -0.05) is 41.4 Å². The van der Waals surface area contributed by atoms with Crippen LogP contribution >= 0.6 is 11.6 Å². The Morgan fingerprint density at radius 2 is 2.00 bits per heavy atom. The lowest BCUT2D eigenvalue weighted by molar-refractivity contribution is 0.622. The molecule has 1 nitrogen and oxygen atoms in total. The van der Waals surface area contributed by atoms with Crippen molar-refractivity contribution in [2.24, 2.45) is 0 Å².